The number of methoxy groups -OCH3 is 4. The molecule has 23 nitrogen and oxygen atoms in total. The molecule has 8 aromatic rings. The van der Waals surface area contributed by atoms with Crippen LogP contribution >= 0.6 is 22.7 Å². The van der Waals surface area contributed by atoms with Gasteiger partial charge < -0.3 is 66.2 Å². The highest BCUT2D eigenvalue weighted by Crippen LogP contribution is 2.36. The van der Waals surface area contributed by atoms with Gasteiger partial charge in [-0.05, 0) is 72.5 Å². The fourth-order valence-electron chi connectivity index (χ4n) is 9.07. The Hall–Kier alpha value is -8.94. The molecule has 4 aliphatic rings. The van der Waals surface area contributed by atoms with Crippen molar-refractivity contribution in [1.29, 1.82) is 0 Å². The average molecular weight is 1080 g/mol. The number of carbonyl (C=O) groups is 4. The molecule has 25 heteroatoms. The Kier molecular flexibility index (Phi) is 15.1. The van der Waals surface area contributed by atoms with Gasteiger partial charge in [-0.25, -0.2) is 9.97 Å². The number of nitrogens with one attached hydrogen (secondary N) is 5. The van der Waals surface area contributed by atoms with E-state index in [2.05, 4.69) is 51.3 Å². The fourth-order valence-corrected chi connectivity index (χ4v) is 10.4. The minimum atomic E-state index is -0.732. The van der Waals surface area contributed by atoms with Crippen LogP contribution in [0.5, 0.6) is 23.0 Å². The summed E-state index contributed by atoms with van der Waals surface area (Å²) in [6.45, 7) is 2.90. The second-order valence-electron chi connectivity index (χ2n) is 18.1. The largest absolute Gasteiger partial charge is 0.561 e. The monoisotopic (exact) mass is 1080 g/mol. The molecule has 2 unspecified atom stereocenters. The van der Waals surface area contributed by atoms with Crippen molar-refractivity contribution in [3.8, 4) is 23.0 Å². The number of aromatic nitrogens is 6. The van der Waals surface area contributed by atoms with Crippen LogP contribution in [0, 0.1) is 0 Å². The minimum absolute atomic E-state index is 0.0538. The summed E-state index contributed by atoms with van der Waals surface area (Å²) in [7, 11) is 6.41. The predicted molar refractivity (Wildman–Crippen MR) is 294 cm³/mol. The summed E-state index contributed by atoms with van der Waals surface area (Å²) in [6, 6.07) is 21.4. The van der Waals surface area contributed by atoms with Crippen LogP contribution in [-0.2, 0) is 22.4 Å². The number of nitrogens with zero attached hydrogens (tertiary/aromatic N) is 8. The molecule has 2 atom stereocenters. The summed E-state index contributed by atoms with van der Waals surface area (Å²) in [5, 5.41) is 22.1. The van der Waals surface area contributed by atoms with Gasteiger partial charge in [0.05, 0.1) is 52.3 Å². The zero-order valence-corrected chi connectivity index (χ0v) is 43.8. The molecule has 2 fully saturated rings. The van der Waals surface area contributed by atoms with Gasteiger partial charge in [-0.3, -0.25) is 14.4 Å². The molecule has 2 saturated heterocycles. The first kappa shape index (κ1) is 51.5. The molecule has 0 saturated carbocycles. The van der Waals surface area contributed by atoms with Crippen molar-refractivity contribution < 1.29 is 43.2 Å². The Morgan fingerprint density at radius 1 is 0.636 bits per heavy atom. The van der Waals surface area contributed by atoms with Gasteiger partial charge in [0.25, 0.3) is 5.91 Å². The lowest BCUT2D eigenvalue weighted by atomic mass is 10.1. The standard InChI is InChI=1S/C26H25N7O4S.C17H20N6O2S.C9H7NO3/c1-36-19-6-5-16(11-20(19)37-2)28-23-22-25(38-13-27-22)32-26(31-23)33-8-7-17(12-33)29-24(35)15-4-3-14-10-21(34)30-18(14)9-15;1-24-12-4-3-11(7-13(12)25-2)20-15-14-16(26-9-19-14)22-17(21-15)23-6-5-10(18)8-23;11-8-4-5-1-2-6(9(12)13)3-7(5)10-8/h3-6,9,11,13,17H,7-8,10,12H2,1-2H3,(H,29,35)(H,30,34)(H,28,31,32);3-4,7,9-10H,5-6,8,18H2,1-2H3,(H,20,21,22);1-3H,4H2,(H,10,11)(H,12,13)/p+1. The number of ether oxygens (including phenoxy) is 4. The van der Waals surface area contributed by atoms with Crippen LogP contribution in [0.25, 0.3) is 20.7 Å². The van der Waals surface area contributed by atoms with Gasteiger partial charge in [0.15, 0.2) is 44.3 Å². The lowest BCUT2D eigenvalue weighted by molar-refractivity contribution is -0.115. The third kappa shape index (κ3) is 11.5. The smallest absolute Gasteiger partial charge is 0.549 e. The van der Waals surface area contributed by atoms with Gasteiger partial charge in [0.1, 0.15) is 16.6 Å². The molecule has 3 amide bonds. The van der Waals surface area contributed by atoms with E-state index in [1.165, 1.54) is 28.7 Å². The SMILES string of the molecule is COc1ccc(Nc2nc(N3CCC(N)C3)nc3scnc23)cc1OC.COc1ccc(Nc2nc(N3CCC(NC(=O)c4ccc5c(c4)NC(=O)C5)C3)nc3scnc23)cc1OC.O=C1Cc2ccc(C(=O)[OH2+])cc2N1. The van der Waals surface area contributed by atoms with Crippen LogP contribution in [0.2, 0.25) is 0 Å². The van der Waals surface area contributed by atoms with Gasteiger partial charge in [-0.15, -0.1) is 22.7 Å². The highest BCUT2D eigenvalue weighted by atomic mass is 32.1. The van der Waals surface area contributed by atoms with Crippen LogP contribution in [0.3, 0.4) is 0 Å². The Balaban J connectivity index is 0.000000148. The third-order valence-electron chi connectivity index (χ3n) is 13.0. The highest BCUT2D eigenvalue weighted by molar-refractivity contribution is 7.16. The van der Waals surface area contributed by atoms with Crippen molar-refractivity contribution in [3.63, 3.8) is 0 Å². The first-order valence-electron chi connectivity index (χ1n) is 24.2. The van der Waals surface area contributed by atoms with E-state index >= 15 is 0 Å². The lowest BCUT2D eigenvalue weighted by Gasteiger charge is -2.18. The van der Waals surface area contributed by atoms with E-state index in [1.807, 2.05) is 42.5 Å². The number of rotatable bonds is 13. The summed E-state index contributed by atoms with van der Waals surface area (Å²) in [6.07, 6.45) is 2.42. The second kappa shape index (κ2) is 22.5. The number of nitrogens with two attached hydrogens (primary N) is 1. The van der Waals surface area contributed by atoms with Crippen LogP contribution in [-0.4, -0.2) is 125 Å². The maximum Gasteiger partial charge on any atom is 0.549 e. The first-order valence-corrected chi connectivity index (χ1v) is 26.0. The minimum Gasteiger partial charge on any atom is -0.561 e. The van der Waals surface area contributed by atoms with E-state index in [1.54, 1.807) is 63.7 Å². The molecule has 9 N–H and O–H groups in total. The highest BCUT2D eigenvalue weighted by Gasteiger charge is 2.29. The van der Waals surface area contributed by atoms with E-state index in [4.69, 9.17) is 44.7 Å². The van der Waals surface area contributed by atoms with E-state index in [0.29, 0.717) is 100 Å². The number of hydrogen-bond donors (Lipinski definition) is 6. The molecule has 8 heterocycles. The molecule has 396 valence electrons. The Morgan fingerprint density at radius 3 is 1.62 bits per heavy atom. The molecule has 0 bridgehead atoms. The van der Waals surface area contributed by atoms with Gasteiger partial charge in [0.2, 0.25) is 23.7 Å². The molecular weight excluding hydrogens is 1030 g/mol. The summed E-state index contributed by atoms with van der Waals surface area (Å²) in [5.74, 6) is 4.04. The van der Waals surface area contributed by atoms with E-state index in [0.717, 1.165) is 63.6 Å². The van der Waals surface area contributed by atoms with Gasteiger partial charge in [-0.2, -0.15) is 19.9 Å². The van der Waals surface area contributed by atoms with Crippen molar-refractivity contribution in [1.82, 2.24) is 35.2 Å². The number of carbonyl (C=O) groups excluding carboxylic acids is 4. The molecule has 4 aliphatic heterocycles. The maximum atomic E-state index is 12.9. The van der Waals surface area contributed by atoms with E-state index < -0.39 is 5.97 Å². The topological polar surface area (TPSA) is 298 Å². The summed E-state index contributed by atoms with van der Waals surface area (Å²) in [5.41, 5.74) is 16.6. The molecule has 4 aromatic carbocycles. The molecule has 0 radical (unpaired) electrons. The molecule has 12 rings (SSSR count). The summed E-state index contributed by atoms with van der Waals surface area (Å²) in [4.78, 5) is 79.7. The first-order chi connectivity index (χ1) is 37.3. The number of amides is 3. The molecule has 0 aliphatic carbocycles. The van der Waals surface area contributed by atoms with Crippen LogP contribution < -0.4 is 61.1 Å². The Morgan fingerprint density at radius 2 is 1.13 bits per heavy atom. The second-order valence-corrected chi connectivity index (χ2v) is 19.7. The van der Waals surface area contributed by atoms with Crippen molar-refractivity contribution in [2.75, 3.05) is 85.7 Å². The Labute approximate surface area is 448 Å². The summed E-state index contributed by atoms with van der Waals surface area (Å²) >= 11 is 2.94. The van der Waals surface area contributed by atoms with Crippen LogP contribution in [0.1, 0.15) is 44.7 Å². The molecule has 4 aromatic heterocycles. The predicted octanol–water partition coefficient (Wildman–Crippen LogP) is 5.78. The van der Waals surface area contributed by atoms with Crippen LogP contribution in [0.15, 0.2) is 83.8 Å². The van der Waals surface area contributed by atoms with Crippen molar-refractivity contribution in [2.24, 2.45) is 5.73 Å². The molecule has 0 spiro atoms. The fraction of sp³-hybridized carbons (Fsp3) is 0.269. The van der Waals surface area contributed by atoms with Crippen molar-refractivity contribution in [3.05, 3.63) is 106 Å². The van der Waals surface area contributed by atoms with Crippen molar-refractivity contribution in [2.45, 2.75) is 37.8 Å². The normalized spacial score (nSPS) is 16.1. The van der Waals surface area contributed by atoms with E-state index in [-0.39, 0.29) is 29.8 Å². The average Bonchev–Trinajstić information content (AvgIpc) is 4.33. The zero-order chi connectivity index (χ0) is 53.7. The number of thiazole rings is 2. The zero-order valence-electron chi connectivity index (χ0n) is 42.1. The molecular formula is C52H53N14O9S2+. The van der Waals surface area contributed by atoms with Gasteiger partial charge in [0, 0.05) is 83.5 Å². The summed E-state index contributed by atoms with van der Waals surface area (Å²) < 4.78 is 21.4. The van der Waals surface area contributed by atoms with Gasteiger partial charge in [-0.1, -0.05) is 12.1 Å². The number of hydrogen-bond acceptors (Lipinski definition) is 21. The van der Waals surface area contributed by atoms with Gasteiger partial charge >= 0.3 is 5.97 Å². The molecule has 77 heavy (non-hydrogen) atoms. The number of fused-ring (bicyclic) bond motifs is 4. The van der Waals surface area contributed by atoms with E-state index in [9.17, 15) is 19.2 Å². The Bertz CT molecular complexity index is 3560. The van der Waals surface area contributed by atoms with Crippen LogP contribution in [0.4, 0.5) is 46.3 Å². The number of anilines is 8. The van der Waals surface area contributed by atoms with Crippen molar-refractivity contribution >= 4 is 113 Å². The third-order valence-corrected chi connectivity index (χ3v) is 14.4. The quantitative estimate of drug-likeness (QED) is 0.0746. The maximum absolute atomic E-state index is 12.9. The lowest BCUT2D eigenvalue weighted by Crippen LogP contribution is -2.37. The number of benzene rings is 4.